The van der Waals surface area contributed by atoms with Gasteiger partial charge in [0, 0.05) is 24.5 Å². The van der Waals surface area contributed by atoms with Crippen LogP contribution in [0.25, 0.3) is 11.0 Å². The molecule has 0 spiro atoms. The summed E-state index contributed by atoms with van der Waals surface area (Å²) in [5.74, 6) is -0.211. The van der Waals surface area contributed by atoms with Gasteiger partial charge in [0.2, 0.25) is 5.76 Å². The van der Waals surface area contributed by atoms with Gasteiger partial charge in [-0.2, -0.15) is 0 Å². The van der Waals surface area contributed by atoms with Crippen molar-refractivity contribution in [1.82, 2.24) is 9.88 Å². The van der Waals surface area contributed by atoms with Crippen molar-refractivity contribution in [1.29, 1.82) is 0 Å². The second-order valence-electron chi connectivity index (χ2n) is 5.87. The lowest BCUT2D eigenvalue weighted by atomic mass is 9.99. The quantitative estimate of drug-likeness (QED) is 0.681. The second kappa shape index (κ2) is 5.18. The van der Waals surface area contributed by atoms with Crippen LogP contribution in [0, 0.1) is 6.92 Å². The number of carbonyl (C=O) groups excluding carboxylic acids is 1. The minimum absolute atomic E-state index is 0.0959. The number of rotatable bonds is 1. The van der Waals surface area contributed by atoms with E-state index in [1.807, 2.05) is 6.92 Å². The van der Waals surface area contributed by atoms with Crippen LogP contribution < -0.4 is 5.43 Å². The van der Waals surface area contributed by atoms with Crippen molar-refractivity contribution in [3.8, 4) is 0 Å². The van der Waals surface area contributed by atoms with Crippen molar-refractivity contribution in [2.75, 3.05) is 7.05 Å². The zero-order valence-corrected chi connectivity index (χ0v) is 13.8. The summed E-state index contributed by atoms with van der Waals surface area (Å²) in [6.45, 7) is 1.82. The van der Waals surface area contributed by atoms with E-state index in [1.165, 1.54) is 4.90 Å². The number of aryl methyl sites for hydroxylation is 1. The third-order valence-corrected chi connectivity index (χ3v) is 4.81. The molecule has 24 heavy (non-hydrogen) atoms. The number of benzene rings is 1. The molecule has 6 heteroatoms. The molecule has 0 saturated carbocycles. The van der Waals surface area contributed by atoms with Gasteiger partial charge in [-0.05, 0) is 42.3 Å². The number of hydrogen-bond acceptors (Lipinski definition) is 4. The SMILES string of the molecule is Cc1cc2oc3c(c(=O)c2cc1Cl)C(c1ccncc1)N(C)C3=O. The number of carbonyl (C=O) groups is 1. The normalized spacial score (nSPS) is 16.7. The molecule has 2 aromatic heterocycles. The van der Waals surface area contributed by atoms with Crippen molar-refractivity contribution in [2.45, 2.75) is 13.0 Å². The molecule has 4 rings (SSSR count). The Kier molecular flexibility index (Phi) is 3.21. The summed E-state index contributed by atoms with van der Waals surface area (Å²) in [5, 5.41) is 0.874. The van der Waals surface area contributed by atoms with Gasteiger partial charge in [0.05, 0.1) is 17.0 Å². The molecule has 0 fully saturated rings. The molecular weight excluding hydrogens is 328 g/mol. The Hall–Kier alpha value is -2.66. The first-order chi connectivity index (χ1) is 11.5. The van der Waals surface area contributed by atoms with Crippen LogP contribution >= 0.6 is 11.6 Å². The van der Waals surface area contributed by atoms with Gasteiger partial charge in [-0.1, -0.05) is 11.6 Å². The van der Waals surface area contributed by atoms with E-state index in [2.05, 4.69) is 4.98 Å². The number of fused-ring (bicyclic) bond motifs is 2. The average molecular weight is 341 g/mol. The molecule has 1 amide bonds. The Bertz CT molecular complexity index is 1040. The van der Waals surface area contributed by atoms with Gasteiger partial charge >= 0.3 is 0 Å². The molecule has 0 bridgehead atoms. The van der Waals surface area contributed by atoms with Gasteiger partial charge in [-0.3, -0.25) is 14.6 Å². The van der Waals surface area contributed by atoms with Crippen molar-refractivity contribution < 1.29 is 9.21 Å². The Morgan fingerprint density at radius 1 is 1.21 bits per heavy atom. The van der Waals surface area contributed by atoms with Crippen LogP contribution in [0.2, 0.25) is 5.02 Å². The summed E-state index contributed by atoms with van der Waals surface area (Å²) < 4.78 is 5.79. The van der Waals surface area contributed by atoms with Crippen LogP contribution in [0.1, 0.15) is 33.3 Å². The Labute approximate surface area is 142 Å². The molecule has 1 unspecified atom stereocenters. The molecule has 1 aliphatic rings. The number of halogens is 1. The molecular formula is C18H13ClN2O3. The molecule has 0 radical (unpaired) electrons. The summed E-state index contributed by atoms with van der Waals surface area (Å²) >= 11 is 6.16. The molecule has 0 N–H and O–H groups in total. The van der Waals surface area contributed by atoms with Gasteiger partial charge in [-0.15, -0.1) is 0 Å². The lowest BCUT2D eigenvalue weighted by Gasteiger charge is -2.19. The Morgan fingerprint density at radius 2 is 1.92 bits per heavy atom. The highest BCUT2D eigenvalue weighted by atomic mass is 35.5. The van der Waals surface area contributed by atoms with Crippen molar-refractivity contribution >= 4 is 28.5 Å². The molecule has 3 heterocycles. The van der Waals surface area contributed by atoms with Crippen LogP contribution in [-0.4, -0.2) is 22.8 Å². The Morgan fingerprint density at radius 3 is 2.62 bits per heavy atom. The van der Waals surface area contributed by atoms with E-state index in [-0.39, 0.29) is 17.1 Å². The fourth-order valence-electron chi connectivity index (χ4n) is 3.14. The first-order valence-corrected chi connectivity index (χ1v) is 7.80. The van der Waals surface area contributed by atoms with E-state index < -0.39 is 6.04 Å². The van der Waals surface area contributed by atoms with E-state index in [0.717, 1.165) is 11.1 Å². The standard InChI is InChI=1S/C18H13ClN2O3/c1-9-7-13-11(8-12(9)19)16(22)14-15(10-3-5-20-6-4-10)21(2)18(23)17(14)24-13/h3-8,15H,1-2H3. The highest BCUT2D eigenvalue weighted by molar-refractivity contribution is 6.32. The molecule has 1 aliphatic heterocycles. The van der Waals surface area contributed by atoms with Gasteiger partial charge < -0.3 is 9.32 Å². The highest BCUT2D eigenvalue weighted by Gasteiger charge is 2.40. The smallest absolute Gasteiger partial charge is 0.290 e. The molecule has 1 atom stereocenters. The maximum absolute atomic E-state index is 13.0. The molecule has 0 saturated heterocycles. The number of hydrogen-bond donors (Lipinski definition) is 0. The minimum atomic E-state index is -0.490. The average Bonchev–Trinajstić information content (AvgIpc) is 2.83. The monoisotopic (exact) mass is 340 g/mol. The number of amides is 1. The fourth-order valence-corrected chi connectivity index (χ4v) is 3.31. The topological polar surface area (TPSA) is 63.4 Å². The molecule has 5 nitrogen and oxygen atoms in total. The molecule has 1 aromatic carbocycles. The third kappa shape index (κ3) is 1.98. The van der Waals surface area contributed by atoms with Crippen LogP contribution in [-0.2, 0) is 0 Å². The van der Waals surface area contributed by atoms with E-state index in [4.69, 9.17) is 16.0 Å². The van der Waals surface area contributed by atoms with E-state index >= 15 is 0 Å². The molecule has 0 aliphatic carbocycles. The van der Waals surface area contributed by atoms with Crippen LogP contribution in [0.4, 0.5) is 0 Å². The van der Waals surface area contributed by atoms with Crippen molar-refractivity contribution in [3.63, 3.8) is 0 Å². The zero-order chi connectivity index (χ0) is 17.0. The first-order valence-electron chi connectivity index (χ1n) is 7.43. The lowest BCUT2D eigenvalue weighted by Crippen LogP contribution is -2.25. The van der Waals surface area contributed by atoms with Gasteiger partial charge in [0.15, 0.2) is 5.43 Å². The number of aromatic nitrogens is 1. The fraction of sp³-hybridized carbons (Fsp3) is 0.167. The maximum atomic E-state index is 13.0. The van der Waals surface area contributed by atoms with E-state index in [0.29, 0.717) is 21.6 Å². The summed E-state index contributed by atoms with van der Waals surface area (Å²) in [6, 6.07) is 6.37. The molecule has 3 aromatic rings. The summed E-state index contributed by atoms with van der Waals surface area (Å²) in [4.78, 5) is 31.1. The van der Waals surface area contributed by atoms with Crippen LogP contribution in [0.5, 0.6) is 0 Å². The van der Waals surface area contributed by atoms with E-state index in [9.17, 15) is 9.59 Å². The minimum Gasteiger partial charge on any atom is -0.450 e. The largest absolute Gasteiger partial charge is 0.450 e. The predicted molar refractivity (Wildman–Crippen MR) is 90.4 cm³/mol. The third-order valence-electron chi connectivity index (χ3n) is 4.40. The van der Waals surface area contributed by atoms with Crippen molar-refractivity contribution in [3.05, 3.63) is 74.4 Å². The van der Waals surface area contributed by atoms with Crippen molar-refractivity contribution in [2.24, 2.45) is 0 Å². The maximum Gasteiger partial charge on any atom is 0.290 e. The summed E-state index contributed by atoms with van der Waals surface area (Å²) in [7, 11) is 1.66. The van der Waals surface area contributed by atoms with Crippen LogP contribution in [0.15, 0.2) is 45.9 Å². The number of nitrogens with zero attached hydrogens (tertiary/aromatic N) is 2. The zero-order valence-electron chi connectivity index (χ0n) is 13.0. The van der Waals surface area contributed by atoms with Gasteiger partial charge in [0.25, 0.3) is 5.91 Å². The highest BCUT2D eigenvalue weighted by Crippen LogP contribution is 2.37. The van der Waals surface area contributed by atoms with E-state index in [1.54, 1.807) is 43.7 Å². The first kappa shape index (κ1) is 14.9. The molecule has 120 valence electrons. The summed E-state index contributed by atoms with van der Waals surface area (Å²) in [6.07, 6.45) is 3.27. The second-order valence-corrected chi connectivity index (χ2v) is 6.28. The lowest BCUT2D eigenvalue weighted by molar-refractivity contribution is 0.0771. The van der Waals surface area contributed by atoms with Gasteiger partial charge in [-0.25, -0.2) is 0 Å². The number of pyridine rings is 1. The predicted octanol–water partition coefficient (Wildman–Crippen LogP) is 3.32. The van der Waals surface area contributed by atoms with Gasteiger partial charge in [0.1, 0.15) is 5.58 Å². The Balaban J connectivity index is 2.07. The van der Waals surface area contributed by atoms with Crippen LogP contribution in [0.3, 0.4) is 0 Å². The summed E-state index contributed by atoms with van der Waals surface area (Å²) in [5.41, 5.74) is 2.09.